The molecule has 1 aromatic rings. The highest BCUT2D eigenvalue weighted by atomic mass is 79.9. The van der Waals surface area contributed by atoms with Gasteiger partial charge in [-0.3, -0.25) is 4.79 Å². The van der Waals surface area contributed by atoms with Crippen LogP contribution in [0.5, 0.6) is 5.75 Å². The van der Waals surface area contributed by atoms with Gasteiger partial charge >= 0.3 is 0 Å². The third-order valence-electron chi connectivity index (χ3n) is 3.84. The molecule has 0 aromatic heterocycles. The van der Waals surface area contributed by atoms with E-state index in [1.54, 1.807) is 7.11 Å². The standard InChI is InChI=1S/C16H23BrN2O2/c1-10(2)9-19-15(20)7-6-14(18)16(19)12-8-11(21-3)4-5-13(12)17/h4-5,8,10,14,16H,6-7,9,18H2,1-3H3. The smallest absolute Gasteiger partial charge is 0.223 e. The summed E-state index contributed by atoms with van der Waals surface area (Å²) in [6.45, 7) is 4.96. The maximum atomic E-state index is 12.3. The molecule has 0 spiro atoms. The van der Waals surface area contributed by atoms with Crippen molar-refractivity contribution in [1.29, 1.82) is 0 Å². The van der Waals surface area contributed by atoms with Crippen LogP contribution in [0.15, 0.2) is 22.7 Å². The second kappa shape index (κ2) is 6.79. The maximum Gasteiger partial charge on any atom is 0.223 e. The van der Waals surface area contributed by atoms with Crippen LogP contribution < -0.4 is 10.5 Å². The molecule has 0 bridgehead atoms. The van der Waals surface area contributed by atoms with E-state index >= 15 is 0 Å². The number of carbonyl (C=O) groups is 1. The first-order chi connectivity index (χ1) is 9.93. The van der Waals surface area contributed by atoms with Gasteiger partial charge in [0.25, 0.3) is 0 Å². The minimum absolute atomic E-state index is 0.0511. The number of nitrogens with zero attached hydrogens (tertiary/aromatic N) is 1. The summed E-state index contributed by atoms with van der Waals surface area (Å²) < 4.78 is 6.28. The lowest BCUT2D eigenvalue weighted by Crippen LogP contribution is -2.50. The van der Waals surface area contributed by atoms with Crippen LogP contribution in [0.1, 0.15) is 38.3 Å². The van der Waals surface area contributed by atoms with Gasteiger partial charge in [-0.25, -0.2) is 0 Å². The molecule has 5 heteroatoms. The number of piperidine rings is 1. The molecule has 4 nitrogen and oxygen atoms in total. The molecule has 1 fully saturated rings. The zero-order valence-corrected chi connectivity index (χ0v) is 14.4. The molecule has 2 N–H and O–H groups in total. The molecule has 1 heterocycles. The van der Waals surface area contributed by atoms with Crippen molar-refractivity contribution in [2.24, 2.45) is 11.7 Å². The maximum absolute atomic E-state index is 12.3. The summed E-state index contributed by atoms with van der Waals surface area (Å²) in [5.74, 6) is 1.37. The third kappa shape index (κ3) is 3.58. The lowest BCUT2D eigenvalue weighted by Gasteiger charge is -2.41. The Bertz CT molecular complexity index is 519. The predicted octanol–water partition coefficient (Wildman–Crippen LogP) is 3.10. The first-order valence-electron chi connectivity index (χ1n) is 7.32. The van der Waals surface area contributed by atoms with Crippen LogP contribution in [0.25, 0.3) is 0 Å². The van der Waals surface area contributed by atoms with Gasteiger partial charge in [0, 0.05) is 23.5 Å². The zero-order chi connectivity index (χ0) is 15.6. The van der Waals surface area contributed by atoms with Crippen LogP contribution in [0, 0.1) is 5.92 Å². The Balaban J connectivity index is 2.42. The average molecular weight is 355 g/mol. The Hall–Kier alpha value is -1.07. The summed E-state index contributed by atoms with van der Waals surface area (Å²) in [5, 5.41) is 0. The molecule has 0 saturated carbocycles. The highest BCUT2D eigenvalue weighted by Crippen LogP contribution is 2.37. The van der Waals surface area contributed by atoms with E-state index in [2.05, 4.69) is 29.8 Å². The van der Waals surface area contributed by atoms with Gasteiger partial charge in [0.05, 0.1) is 13.2 Å². The van der Waals surface area contributed by atoms with Gasteiger partial charge in [-0.1, -0.05) is 29.8 Å². The second-order valence-electron chi connectivity index (χ2n) is 5.97. The van der Waals surface area contributed by atoms with Crippen LogP contribution in [0.4, 0.5) is 0 Å². The van der Waals surface area contributed by atoms with Crippen LogP contribution in [-0.4, -0.2) is 30.5 Å². The summed E-state index contributed by atoms with van der Waals surface area (Å²) >= 11 is 3.59. The largest absolute Gasteiger partial charge is 0.497 e. The summed E-state index contributed by atoms with van der Waals surface area (Å²) in [6, 6.07) is 5.67. The number of nitrogens with two attached hydrogens (primary N) is 1. The molecule has 0 radical (unpaired) electrons. The molecule has 2 unspecified atom stereocenters. The van der Waals surface area contributed by atoms with E-state index in [1.165, 1.54) is 0 Å². The van der Waals surface area contributed by atoms with Gasteiger partial charge in [-0.05, 0) is 36.1 Å². The fourth-order valence-corrected chi connectivity index (χ4v) is 3.34. The van der Waals surface area contributed by atoms with Crippen LogP contribution >= 0.6 is 15.9 Å². The Kier molecular flexibility index (Phi) is 5.27. The van der Waals surface area contributed by atoms with Crippen LogP contribution in [0.2, 0.25) is 0 Å². The highest BCUT2D eigenvalue weighted by Gasteiger charge is 2.36. The van der Waals surface area contributed by atoms with E-state index in [-0.39, 0.29) is 18.0 Å². The Morgan fingerprint density at radius 1 is 1.48 bits per heavy atom. The van der Waals surface area contributed by atoms with Crippen molar-refractivity contribution in [3.05, 3.63) is 28.2 Å². The van der Waals surface area contributed by atoms with Crippen molar-refractivity contribution >= 4 is 21.8 Å². The van der Waals surface area contributed by atoms with Gasteiger partial charge in [0.15, 0.2) is 0 Å². The first-order valence-corrected chi connectivity index (χ1v) is 8.11. The van der Waals surface area contributed by atoms with Gasteiger partial charge in [0.2, 0.25) is 5.91 Å². The quantitative estimate of drug-likeness (QED) is 0.903. The lowest BCUT2D eigenvalue weighted by atomic mass is 9.89. The van der Waals surface area contributed by atoms with E-state index in [9.17, 15) is 4.79 Å². The molecule has 1 aliphatic rings. The zero-order valence-electron chi connectivity index (χ0n) is 12.8. The van der Waals surface area contributed by atoms with E-state index in [0.29, 0.717) is 12.3 Å². The summed E-state index contributed by atoms with van der Waals surface area (Å²) in [5.41, 5.74) is 7.37. The van der Waals surface area contributed by atoms with E-state index in [1.807, 2.05) is 23.1 Å². The SMILES string of the molecule is COc1ccc(Br)c(C2C(N)CCC(=O)N2CC(C)C)c1. The molecule has 2 rings (SSSR count). The lowest BCUT2D eigenvalue weighted by molar-refractivity contribution is -0.138. The number of ether oxygens (including phenoxy) is 1. The number of rotatable bonds is 4. The number of likely N-dealkylation sites (tertiary alicyclic amines) is 1. The number of methoxy groups -OCH3 is 1. The highest BCUT2D eigenvalue weighted by molar-refractivity contribution is 9.10. The van der Waals surface area contributed by atoms with Crippen molar-refractivity contribution < 1.29 is 9.53 Å². The molecule has 116 valence electrons. The van der Waals surface area contributed by atoms with Crippen molar-refractivity contribution in [3.63, 3.8) is 0 Å². The minimum Gasteiger partial charge on any atom is -0.497 e. The second-order valence-corrected chi connectivity index (χ2v) is 6.83. The fraction of sp³-hybridized carbons (Fsp3) is 0.562. The number of hydrogen-bond acceptors (Lipinski definition) is 3. The third-order valence-corrected chi connectivity index (χ3v) is 4.56. The van der Waals surface area contributed by atoms with E-state index < -0.39 is 0 Å². The summed E-state index contributed by atoms with van der Waals surface area (Å²) in [4.78, 5) is 14.3. The minimum atomic E-state index is -0.0990. The number of amides is 1. The summed E-state index contributed by atoms with van der Waals surface area (Å²) in [6.07, 6.45) is 1.26. The topological polar surface area (TPSA) is 55.6 Å². The summed E-state index contributed by atoms with van der Waals surface area (Å²) in [7, 11) is 1.64. The Morgan fingerprint density at radius 2 is 2.19 bits per heavy atom. The Labute approximate surface area is 134 Å². The van der Waals surface area contributed by atoms with Crippen LogP contribution in [0.3, 0.4) is 0 Å². The molecule has 0 aliphatic carbocycles. The molecular weight excluding hydrogens is 332 g/mol. The molecule has 1 aromatic carbocycles. The monoisotopic (exact) mass is 354 g/mol. The van der Waals surface area contributed by atoms with Crippen LogP contribution in [-0.2, 0) is 4.79 Å². The molecular formula is C16H23BrN2O2. The van der Waals surface area contributed by atoms with Crippen molar-refractivity contribution in [2.75, 3.05) is 13.7 Å². The molecule has 2 atom stereocenters. The average Bonchev–Trinajstić information content (AvgIpc) is 2.44. The van der Waals surface area contributed by atoms with Gasteiger partial charge in [-0.15, -0.1) is 0 Å². The molecule has 1 amide bonds. The Morgan fingerprint density at radius 3 is 2.81 bits per heavy atom. The van der Waals surface area contributed by atoms with Crippen molar-refractivity contribution in [1.82, 2.24) is 4.90 Å². The van der Waals surface area contributed by atoms with Gasteiger partial charge in [0.1, 0.15) is 5.75 Å². The number of carbonyl (C=O) groups excluding carboxylic acids is 1. The first kappa shape index (κ1) is 16.3. The predicted molar refractivity (Wildman–Crippen MR) is 87.2 cm³/mol. The number of hydrogen-bond donors (Lipinski definition) is 1. The normalized spacial score (nSPS) is 22.8. The van der Waals surface area contributed by atoms with Crippen molar-refractivity contribution in [2.45, 2.75) is 38.8 Å². The fourth-order valence-electron chi connectivity index (χ4n) is 2.86. The van der Waals surface area contributed by atoms with Crippen molar-refractivity contribution in [3.8, 4) is 5.75 Å². The number of benzene rings is 1. The molecule has 21 heavy (non-hydrogen) atoms. The van der Waals surface area contributed by atoms with Gasteiger partial charge in [-0.2, -0.15) is 0 Å². The molecule has 1 saturated heterocycles. The molecule has 1 aliphatic heterocycles. The number of halogens is 1. The van der Waals surface area contributed by atoms with E-state index in [0.717, 1.165) is 28.8 Å². The van der Waals surface area contributed by atoms with E-state index in [4.69, 9.17) is 10.5 Å². The van der Waals surface area contributed by atoms with Gasteiger partial charge < -0.3 is 15.4 Å².